The van der Waals surface area contributed by atoms with Crippen LogP contribution in [0.2, 0.25) is 18.1 Å². The molecule has 0 spiro atoms. The lowest BCUT2D eigenvalue weighted by Gasteiger charge is -2.44. The second kappa shape index (κ2) is 15.3. The van der Waals surface area contributed by atoms with E-state index in [1.54, 1.807) is 7.11 Å². The summed E-state index contributed by atoms with van der Waals surface area (Å²) >= 11 is 0. The van der Waals surface area contributed by atoms with Crippen molar-refractivity contribution in [2.45, 2.75) is 111 Å². The minimum atomic E-state index is -2.17. The number of ketones is 1. The molecule has 6 nitrogen and oxygen atoms in total. The van der Waals surface area contributed by atoms with E-state index in [1.807, 2.05) is 49.4 Å². The number of carbonyl (C=O) groups is 1. The van der Waals surface area contributed by atoms with Crippen LogP contribution < -0.4 is 4.74 Å². The summed E-state index contributed by atoms with van der Waals surface area (Å²) in [6.07, 6.45) is -0.763. The van der Waals surface area contributed by atoms with Crippen molar-refractivity contribution in [3.8, 4) is 5.75 Å². The monoisotopic (exact) mass is 612 g/mol. The number of ether oxygens (including phenoxy) is 4. The van der Waals surface area contributed by atoms with Gasteiger partial charge in [-0.3, -0.25) is 4.79 Å². The molecule has 2 aromatic carbocycles. The van der Waals surface area contributed by atoms with E-state index < -0.39 is 14.6 Å². The van der Waals surface area contributed by atoms with Gasteiger partial charge in [0.1, 0.15) is 11.5 Å². The van der Waals surface area contributed by atoms with Gasteiger partial charge in [0.05, 0.1) is 38.6 Å². The molecule has 0 unspecified atom stereocenters. The SMILES string of the molecule is COc1ccc([C@H]2O[C@@H](CC(=O)[C@@H](C)[C@H](O[Si](C)(C)C(C)(C)C)[C@H](C)COCc3ccccc3)[C@H](C)[C@@H](C(C)C)O2)cc1. The van der Waals surface area contributed by atoms with Crippen LogP contribution in [0.25, 0.3) is 0 Å². The molecule has 7 heteroatoms. The molecule has 1 fully saturated rings. The first kappa shape index (κ1) is 35.4. The Kier molecular flexibility index (Phi) is 12.6. The van der Waals surface area contributed by atoms with Crippen molar-refractivity contribution in [3.63, 3.8) is 0 Å². The molecular formula is C36H56O6Si. The molecule has 2 aromatic rings. The van der Waals surface area contributed by atoms with Crippen LogP contribution in [-0.2, 0) is 30.0 Å². The van der Waals surface area contributed by atoms with Gasteiger partial charge in [0.2, 0.25) is 0 Å². The first-order valence-corrected chi connectivity index (χ1v) is 18.8. The maximum absolute atomic E-state index is 14.1. The zero-order chi connectivity index (χ0) is 31.9. The molecular weight excluding hydrogens is 556 g/mol. The molecule has 1 aliphatic rings. The van der Waals surface area contributed by atoms with E-state index in [2.05, 4.69) is 73.7 Å². The minimum Gasteiger partial charge on any atom is -0.497 e. The number of benzene rings is 2. The average Bonchev–Trinajstić information content (AvgIpc) is 2.96. The van der Waals surface area contributed by atoms with Crippen molar-refractivity contribution in [1.29, 1.82) is 0 Å². The van der Waals surface area contributed by atoms with Crippen molar-refractivity contribution >= 4 is 14.1 Å². The molecule has 0 bridgehead atoms. The van der Waals surface area contributed by atoms with E-state index in [0.29, 0.717) is 19.6 Å². The van der Waals surface area contributed by atoms with Gasteiger partial charge in [-0.25, -0.2) is 0 Å². The molecule has 43 heavy (non-hydrogen) atoms. The molecule has 240 valence electrons. The Morgan fingerprint density at radius 1 is 0.953 bits per heavy atom. The number of hydrogen-bond donors (Lipinski definition) is 0. The highest BCUT2D eigenvalue weighted by molar-refractivity contribution is 6.74. The summed E-state index contributed by atoms with van der Waals surface area (Å²) < 4.78 is 31.5. The van der Waals surface area contributed by atoms with Gasteiger partial charge in [-0.15, -0.1) is 0 Å². The maximum atomic E-state index is 14.1. The Balaban J connectivity index is 1.78. The third kappa shape index (κ3) is 9.48. The Morgan fingerprint density at radius 2 is 1.58 bits per heavy atom. The predicted molar refractivity (Wildman–Crippen MR) is 176 cm³/mol. The van der Waals surface area contributed by atoms with Crippen molar-refractivity contribution < 1.29 is 28.2 Å². The topological polar surface area (TPSA) is 63.2 Å². The molecule has 3 rings (SSSR count). The van der Waals surface area contributed by atoms with Crippen LogP contribution in [0.15, 0.2) is 54.6 Å². The van der Waals surface area contributed by atoms with Crippen LogP contribution in [0.1, 0.15) is 79.2 Å². The van der Waals surface area contributed by atoms with E-state index in [1.165, 1.54) is 0 Å². The van der Waals surface area contributed by atoms with Crippen molar-refractivity contribution in [1.82, 2.24) is 0 Å². The first-order valence-electron chi connectivity index (χ1n) is 15.9. The van der Waals surface area contributed by atoms with Crippen molar-refractivity contribution in [2.24, 2.45) is 23.7 Å². The third-order valence-electron chi connectivity index (χ3n) is 9.42. The van der Waals surface area contributed by atoms with Crippen LogP contribution in [0.5, 0.6) is 5.75 Å². The normalized spacial score (nSPS) is 23.5. The van der Waals surface area contributed by atoms with Crippen LogP contribution in [0.4, 0.5) is 0 Å². The van der Waals surface area contributed by atoms with Gasteiger partial charge in [-0.1, -0.05) is 97.9 Å². The Labute approximate surface area is 261 Å². The van der Waals surface area contributed by atoms with Crippen LogP contribution >= 0.6 is 0 Å². The van der Waals surface area contributed by atoms with Gasteiger partial charge >= 0.3 is 0 Å². The number of Topliss-reactive ketones (excluding diaryl/α,β-unsaturated/α-hetero) is 1. The Morgan fingerprint density at radius 3 is 2.14 bits per heavy atom. The molecule has 0 aromatic heterocycles. The summed E-state index contributed by atoms with van der Waals surface area (Å²) in [7, 11) is -0.513. The molecule has 0 amide bonds. The molecule has 0 aliphatic carbocycles. The fourth-order valence-corrected chi connectivity index (χ4v) is 7.01. The van der Waals surface area contributed by atoms with Crippen molar-refractivity contribution in [2.75, 3.05) is 13.7 Å². The van der Waals surface area contributed by atoms with Gasteiger partial charge in [-0.05, 0) is 41.7 Å². The summed E-state index contributed by atoms with van der Waals surface area (Å²) in [5.74, 6) is 1.03. The zero-order valence-corrected chi connectivity index (χ0v) is 29.4. The standard InChI is InChI=1S/C36H56O6Si/c1-24(2)33-27(5)32(40-35(41-33)29-17-19-30(38-9)20-18-29)21-31(37)26(4)34(42-43(10,11)36(6,7)8)25(3)22-39-23-28-15-13-12-14-16-28/h12-20,24-27,32-35H,21-23H2,1-11H3/t25-,26-,27+,32+,33-,34-,35+/m1/s1. The van der Waals surface area contributed by atoms with E-state index >= 15 is 0 Å². The van der Waals surface area contributed by atoms with Crippen LogP contribution in [0.3, 0.4) is 0 Å². The highest BCUT2D eigenvalue weighted by Crippen LogP contribution is 2.41. The van der Waals surface area contributed by atoms with E-state index in [-0.39, 0.29) is 52.8 Å². The highest BCUT2D eigenvalue weighted by atomic mass is 28.4. The zero-order valence-electron chi connectivity index (χ0n) is 28.4. The van der Waals surface area contributed by atoms with Crippen LogP contribution in [0, 0.1) is 23.7 Å². The van der Waals surface area contributed by atoms with Crippen molar-refractivity contribution in [3.05, 3.63) is 65.7 Å². The van der Waals surface area contributed by atoms with E-state index in [0.717, 1.165) is 16.9 Å². The quantitative estimate of drug-likeness (QED) is 0.199. The first-order chi connectivity index (χ1) is 20.1. The molecule has 1 heterocycles. The summed E-state index contributed by atoms with van der Waals surface area (Å²) in [6, 6.07) is 18.0. The summed E-state index contributed by atoms with van der Waals surface area (Å²) in [5, 5.41) is 0.0209. The van der Waals surface area contributed by atoms with Gasteiger partial charge < -0.3 is 23.4 Å². The van der Waals surface area contributed by atoms with Gasteiger partial charge in [0.15, 0.2) is 14.6 Å². The maximum Gasteiger partial charge on any atom is 0.192 e. The fourth-order valence-electron chi connectivity index (χ4n) is 5.54. The number of carbonyl (C=O) groups excluding carboxylic acids is 1. The lowest BCUT2D eigenvalue weighted by Crippen LogP contribution is -2.50. The number of methoxy groups -OCH3 is 1. The lowest BCUT2D eigenvalue weighted by molar-refractivity contribution is -0.279. The summed E-state index contributed by atoms with van der Waals surface area (Å²) in [5.41, 5.74) is 2.06. The Bertz CT molecular complexity index is 1130. The molecule has 0 radical (unpaired) electrons. The summed E-state index contributed by atoms with van der Waals surface area (Å²) in [4.78, 5) is 14.1. The average molecular weight is 613 g/mol. The second-order valence-corrected chi connectivity index (χ2v) is 19.0. The molecule has 1 saturated heterocycles. The molecule has 0 saturated carbocycles. The molecule has 1 aliphatic heterocycles. The minimum absolute atomic E-state index is 0.0209. The van der Waals surface area contributed by atoms with E-state index in [4.69, 9.17) is 23.4 Å². The number of rotatable bonds is 14. The fraction of sp³-hybridized carbons (Fsp3) is 0.639. The molecule has 7 atom stereocenters. The van der Waals surface area contributed by atoms with Gasteiger partial charge in [0.25, 0.3) is 0 Å². The highest BCUT2D eigenvalue weighted by Gasteiger charge is 2.44. The van der Waals surface area contributed by atoms with Gasteiger partial charge in [-0.2, -0.15) is 0 Å². The lowest BCUT2D eigenvalue weighted by atomic mass is 9.83. The van der Waals surface area contributed by atoms with Crippen LogP contribution in [-0.4, -0.2) is 46.1 Å². The number of hydrogen-bond acceptors (Lipinski definition) is 6. The smallest absolute Gasteiger partial charge is 0.192 e. The van der Waals surface area contributed by atoms with Gasteiger partial charge in [0, 0.05) is 29.7 Å². The third-order valence-corrected chi connectivity index (χ3v) is 13.9. The Hall–Kier alpha value is -2.03. The largest absolute Gasteiger partial charge is 0.497 e. The van der Waals surface area contributed by atoms with E-state index in [9.17, 15) is 4.79 Å². The molecule has 0 N–H and O–H groups in total. The predicted octanol–water partition coefficient (Wildman–Crippen LogP) is 8.61. The summed E-state index contributed by atoms with van der Waals surface area (Å²) in [6.45, 7) is 22.9. The second-order valence-electron chi connectivity index (χ2n) is 14.3.